The van der Waals surface area contributed by atoms with Gasteiger partial charge in [-0.1, -0.05) is 0 Å². The van der Waals surface area contributed by atoms with E-state index in [4.69, 9.17) is 4.74 Å². The van der Waals surface area contributed by atoms with E-state index in [0.717, 1.165) is 0 Å². The van der Waals surface area contributed by atoms with Crippen LogP contribution in [-0.2, 0) is 9.53 Å². The summed E-state index contributed by atoms with van der Waals surface area (Å²) < 4.78 is 4.73. The van der Waals surface area contributed by atoms with E-state index in [2.05, 4.69) is 10.2 Å². The lowest BCUT2D eigenvalue weighted by Gasteiger charge is -2.30. The number of piperidine rings is 1. The molecule has 9 nitrogen and oxygen atoms in total. The number of nitrogens with one attached hydrogen (secondary N) is 1. The molecule has 0 radical (unpaired) electrons. The van der Waals surface area contributed by atoms with Crippen molar-refractivity contribution in [2.24, 2.45) is 5.92 Å². The number of carbonyl (C=O) groups excluding carboxylic acids is 2. The van der Waals surface area contributed by atoms with Crippen LogP contribution in [0.25, 0.3) is 10.9 Å². The predicted octanol–water partition coefficient (Wildman–Crippen LogP) is 1.50. The van der Waals surface area contributed by atoms with Crippen molar-refractivity contribution in [2.45, 2.75) is 12.8 Å². The zero-order valence-electron chi connectivity index (χ0n) is 13.0. The highest BCUT2D eigenvalue weighted by atomic mass is 16.6. The second-order valence-electron chi connectivity index (χ2n) is 5.65. The van der Waals surface area contributed by atoms with Gasteiger partial charge in [0.15, 0.2) is 5.69 Å². The van der Waals surface area contributed by atoms with Crippen molar-refractivity contribution in [3.05, 3.63) is 34.0 Å². The molecule has 126 valence electrons. The summed E-state index contributed by atoms with van der Waals surface area (Å²) in [7, 11) is 1.35. The number of likely N-dealkylation sites (tertiary alicyclic amines) is 1. The number of H-pyrrole nitrogens is 1. The lowest BCUT2D eigenvalue weighted by atomic mass is 9.96. The summed E-state index contributed by atoms with van der Waals surface area (Å²) in [4.78, 5) is 36.2. The third kappa shape index (κ3) is 2.80. The quantitative estimate of drug-likeness (QED) is 0.517. The van der Waals surface area contributed by atoms with Crippen molar-refractivity contribution in [2.75, 3.05) is 20.2 Å². The molecule has 0 saturated carbocycles. The molecular formula is C15H16N4O5. The van der Waals surface area contributed by atoms with Gasteiger partial charge in [0.1, 0.15) is 0 Å². The molecule has 1 N–H and O–H groups in total. The summed E-state index contributed by atoms with van der Waals surface area (Å²) >= 11 is 0. The molecule has 0 atom stereocenters. The minimum atomic E-state index is -0.511. The molecule has 1 amide bonds. The number of esters is 1. The molecule has 2 heterocycles. The highest BCUT2D eigenvalue weighted by molar-refractivity contribution is 6.05. The van der Waals surface area contributed by atoms with Crippen LogP contribution in [0.3, 0.4) is 0 Å². The number of aromatic nitrogens is 2. The van der Waals surface area contributed by atoms with Gasteiger partial charge in [-0.15, -0.1) is 0 Å². The molecule has 2 aromatic rings. The highest BCUT2D eigenvalue weighted by Crippen LogP contribution is 2.25. The Kier molecular flexibility index (Phi) is 4.15. The van der Waals surface area contributed by atoms with Crippen molar-refractivity contribution >= 4 is 28.5 Å². The molecule has 0 bridgehead atoms. The number of non-ortho nitro benzene ring substituents is 1. The summed E-state index contributed by atoms with van der Waals surface area (Å²) in [5.41, 5.74) is 0.626. The lowest BCUT2D eigenvalue weighted by Crippen LogP contribution is -2.40. The van der Waals surface area contributed by atoms with Gasteiger partial charge in [-0.2, -0.15) is 5.10 Å². The van der Waals surface area contributed by atoms with Crippen LogP contribution in [-0.4, -0.2) is 52.1 Å². The average molecular weight is 332 g/mol. The first-order chi connectivity index (χ1) is 11.5. The first kappa shape index (κ1) is 15.9. The standard InChI is InChI=1S/C15H16N4O5/c1-24-15(21)9-4-6-18(7-5-9)14(20)13-11-8-10(19(22)23)2-3-12(11)16-17-13/h2-3,8-9H,4-7H2,1H3,(H,16,17). The number of nitrogens with zero attached hydrogens (tertiary/aromatic N) is 3. The van der Waals surface area contributed by atoms with E-state index in [0.29, 0.717) is 36.8 Å². The van der Waals surface area contributed by atoms with E-state index in [1.165, 1.54) is 25.3 Å². The van der Waals surface area contributed by atoms with Crippen molar-refractivity contribution in [1.82, 2.24) is 15.1 Å². The van der Waals surface area contributed by atoms with Gasteiger partial charge in [0.25, 0.3) is 11.6 Å². The number of fused-ring (bicyclic) bond motifs is 1. The van der Waals surface area contributed by atoms with Crippen LogP contribution in [0.4, 0.5) is 5.69 Å². The Morgan fingerprint density at radius 2 is 2.08 bits per heavy atom. The molecule has 3 rings (SSSR count). The maximum Gasteiger partial charge on any atom is 0.308 e. The minimum absolute atomic E-state index is 0.0950. The Balaban J connectivity index is 1.81. The predicted molar refractivity (Wildman–Crippen MR) is 83.4 cm³/mol. The second-order valence-corrected chi connectivity index (χ2v) is 5.65. The fourth-order valence-corrected chi connectivity index (χ4v) is 2.91. The van der Waals surface area contributed by atoms with Crippen molar-refractivity contribution in [1.29, 1.82) is 0 Å². The largest absolute Gasteiger partial charge is 0.469 e. The Hall–Kier alpha value is -2.97. The normalized spacial score (nSPS) is 15.5. The number of rotatable bonds is 3. The van der Waals surface area contributed by atoms with E-state index < -0.39 is 4.92 Å². The number of hydrogen-bond donors (Lipinski definition) is 1. The molecule has 0 unspecified atom stereocenters. The first-order valence-electron chi connectivity index (χ1n) is 7.51. The summed E-state index contributed by atoms with van der Waals surface area (Å²) in [6.07, 6.45) is 1.06. The number of aromatic amines is 1. The SMILES string of the molecule is COC(=O)C1CCN(C(=O)c2n[nH]c3ccc([N+](=O)[O-])cc23)CC1. The summed E-state index contributed by atoms with van der Waals surface area (Å²) in [5, 5.41) is 18.1. The molecule has 1 fully saturated rings. The Bertz CT molecular complexity index is 807. The molecule has 1 aromatic heterocycles. The molecule has 0 aliphatic carbocycles. The number of nitro groups is 1. The first-order valence-corrected chi connectivity index (χ1v) is 7.51. The van der Waals surface area contributed by atoms with Crippen LogP contribution >= 0.6 is 0 Å². The number of nitro benzene ring substituents is 1. The molecule has 0 spiro atoms. The summed E-state index contributed by atoms with van der Waals surface area (Å²) in [5.74, 6) is -0.760. The topological polar surface area (TPSA) is 118 Å². The number of benzene rings is 1. The fraction of sp³-hybridized carbons (Fsp3) is 0.400. The van der Waals surface area contributed by atoms with E-state index in [1.807, 2.05) is 0 Å². The van der Waals surface area contributed by atoms with Gasteiger partial charge in [-0.3, -0.25) is 24.8 Å². The zero-order valence-corrected chi connectivity index (χ0v) is 13.0. The minimum Gasteiger partial charge on any atom is -0.469 e. The smallest absolute Gasteiger partial charge is 0.308 e. The van der Waals surface area contributed by atoms with Gasteiger partial charge in [0.05, 0.1) is 23.5 Å². The zero-order chi connectivity index (χ0) is 17.3. The van der Waals surface area contributed by atoms with Crippen LogP contribution in [0.2, 0.25) is 0 Å². The van der Waals surface area contributed by atoms with Gasteiger partial charge >= 0.3 is 5.97 Å². The maximum absolute atomic E-state index is 12.7. The van der Waals surface area contributed by atoms with Crippen LogP contribution in [0, 0.1) is 16.0 Å². The Morgan fingerprint density at radius 3 is 2.71 bits per heavy atom. The van der Waals surface area contributed by atoms with Gasteiger partial charge in [-0.25, -0.2) is 0 Å². The maximum atomic E-state index is 12.7. The van der Waals surface area contributed by atoms with E-state index in [1.54, 1.807) is 4.90 Å². The van der Waals surface area contributed by atoms with Crippen molar-refractivity contribution < 1.29 is 19.2 Å². The van der Waals surface area contributed by atoms with E-state index in [-0.39, 0.29) is 29.2 Å². The fourth-order valence-electron chi connectivity index (χ4n) is 2.91. The van der Waals surface area contributed by atoms with Crippen LogP contribution < -0.4 is 0 Å². The number of hydrogen-bond acceptors (Lipinski definition) is 6. The van der Waals surface area contributed by atoms with Gasteiger partial charge in [-0.05, 0) is 18.9 Å². The molecule has 24 heavy (non-hydrogen) atoms. The van der Waals surface area contributed by atoms with Crippen LogP contribution in [0.5, 0.6) is 0 Å². The van der Waals surface area contributed by atoms with Crippen LogP contribution in [0.15, 0.2) is 18.2 Å². The third-order valence-electron chi connectivity index (χ3n) is 4.28. The molecule has 1 aliphatic heterocycles. The molecule has 1 aromatic carbocycles. The number of methoxy groups -OCH3 is 1. The molecule has 1 saturated heterocycles. The van der Waals surface area contributed by atoms with Gasteiger partial charge in [0.2, 0.25) is 0 Å². The summed E-state index contributed by atoms with van der Waals surface area (Å²) in [6.45, 7) is 0.837. The van der Waals surface area contributed by atoms with Gasteiger partial charge in [0, 0.05) is 30.6 Å². The molecular weight excluding hydrogens is 316 g/mol. The van der Waals surface area contributed by atoms with E-state index >= 15 is 0 Å². The van der Waals surface area contributed by atoms with E-state index in [9.17, 15) is 19.7 Å². The van der Waals surface area contributed by atoms with Crippen LogP contribution in [0.1, 0.15) is 23.3 Å². The third-order valence-corrected chi connectivity index (χ3v) is 4.28. The molecule has 9 heteroatoms. The monoisotopic (exact) mass is 332 g/mol. The summed E-state index contributed by atoms with van der Waals surface area (Å²) in [6, 6.07) is 4.23. The second kappa shape index (κ2) is 6.26. The van der Waals surface area contributed by atoms with Crippen molar-refractivity contribution in [3.63, 3.8) is 0 Å². The Morgan fingerprint density at radius 1 is 1.38 bits per heavy atom. The average Bonchev–Trinajstić information content (AvgIpc) is 3.03. The number of carbonyl (C=O) groups is 2. The van der Waals surface area contributed by atoms with Gasteiger partial charge < -0.3 is 9.64 Å². The number of ether oxygens (including phenoxy) is 1. The van der Waals surface area contributed by atoms with Crippen molar-refractivity contribution in [3.8, 4) is 0 Å². The molecule has 1 aliphatic rings. The lowest BCUT2D eigenvalue weighted by molar-refractivity contribution is -0.384. The Labute approximate surface area is 136 Å². The highest BCUT2D eigenvalue weighted by Gasteiger charge is 2.30. The number of amides is 1.